The highest BCUT2D eigenvalue weighted by Crippen LogP contribution is 2.05. The van der Waals surface area contributed by atoms with Crippen LogP contribution in [0.25, 0.3) is 0 Å². The predicted octanol–water partition coefficient (Wildman–Crippen LogP) is -1.32. The van der Waals surface area contributed by atoms with E-state index < -0.39 is 0 Å². The Bertz CT molecular complexity index is 273. The monoisotopic (exact) mass is 272 g/mol. The molecule has 4 N–H and O–H groups in total. The number of rotatable bonds is 6. The molecule has 0 radical (unpaired) electrons. The largest absolute Gasteiger partial charge is 0.385 e. The molecule has 0 spiro atoms. The fourth-order valence-electron chi connectivity index (χ4n) is 2.07. The van der Waals surface area contributed by atoms with E-state index in [4.69, 9.17) is 10.6 Å². The van der Waals surface area contributed by atoms with Crippen LogP contribution in [0.1, 0.15) is 6.42 Å². The van der Waals surface area contributed by atoms with Crippen molar-refractivity contribution in [1.82, 2.24) is 20.5 Å². The standard InChI is InChI=1S/C12H28N6O/c1-17-6-7-18(2)11(10-17)9-15-12(16-13)14-5-4-8-19-3/h11H,4-10,13H2,1-3H3,(H2,14,15,16). The number of aliphatic imine (C=N–C) groups is 1. The number of hydrogen-bond donors (Lipinski definition) is 3. The van der Waals surface area contributed by atoms with Crippen LogP contribution in [-0.4, -0.2) is 82.3 Å². The molecule has 19 heavy (non-hydrogen) atoms. The Labute approximate surface area is 116 Å². The Morgan fingerprint density at radius 1 is 1.42 bits per heavy atom. The van der Waals surface area contributed by atoms with Gasteiger partial charge in [-0.3, -0.25) is 15.3 Å². The summed E-state index contributed by atoms with van der Waals surface area (Å²) in [6, 6.07) is 0.447. The van der Waals surface area contributed by atoms with Crippen molar-refractivity contribution in [3.05, 3.63) is 0 Å². The third-order valence-electron chi connectivity index (χ3n) is 3.39. The average Bonchev–Trinajstić information content (AvgIpc) is 2.41. The SMILES string of the molecule is COCCCNC(=NCC1CN(C)CCN1C)NN. The van der Waals surface area contributed by atoms with Crippen LogP contribution in [0.15, 0.2) is 4.99 Å². The zero-order chi connectivity index (χ0) is 14.1. The van der Waals surface area contributed by atoms with E-state index in [0.29, 0.717) is 12.0 Å². The van der Waals surface area contributed by atoms with Gasteiger partial charge in [-0.15, -0.1) is 0 Å². The molecule has 0 amide bonds. The number of nitrogens with two attached hydrogens (primary N) is 1. The van der Waals surface area contributed by atoms with Gasteiger partial charge in [-0.1, -0.05) is 0 Å². The van der Waals surface area contributed by atoms with Crippen LogP contribution in [0.4, 0.5) is 0 Å². The molecule has 0 aromatic rings. The van der Waals surface area contributed by atoms with Crippen LogP contribution < -0.4 is 16.6 Å². The first-order chi connectivity index (χ1) is 9.17. The molecular formula is C12H28N6O. The topological polar surface area (TPSA) is 78.2 Å². The van der Waals surface area contributed by atoms with E-state index >= 15 is 0 Å². The number of likely N-dealkylation sites (N-methyl/N-ethyl adjacent to an activating group) is 2. The zero-order valence-electron chi connectivity index (χ0n) is 12.4. The van der Waals surface area contributed by atoms with Crippen LogP contribution in [0.5, 0.6) is 0 Å². The first-order valence-electron chi connectivity index (χ1n) is 6.80. The fourth-order valence-corrected chi connectivity index (χ4v) is 2.07. The zero-order valence-corrected chi connectivity index (χ0v) is 12.4. The van der Waals surface area contributed by atoms with E-state index in [9.17, 15) is 0 Å². The summed E-state index contributed by atoms with van der Waals surface area (Å²) >= 11 is 0. The molecule has 1 aliphatic heterocycles. The number of piperazine rings is 1. The molecule has 0 aliphatic carbocycles. The first-order valence-corrected chi connectivity index (χ1v) is 6.80. The Hall–Kier alpha value is -0.890. The molecule has 1 rings (SSSR count). The highest BCUT2D eigenvalue weighted by molar-refractivity contribution is 5.79. The van der Waals surface area contributed by atoms with Gasteiger partial charge in [0.2, 0.25) is 5.96 Å². The lowest BCUT2D eigenvalue weighted by Gasteiger charge is -2.36. The molecule has 1 fully saturated rings. The highest BCUT2D eigenvalue weighted by Gasteiger charge is 2.21. The van der Waals surface area contributed by atoms with Gasteiger partial charge in [0, 0.05) is 45.9 Å². The molecule has 0 saturated carbocycles. The Morgan fingerprint density at radius 2 is 2.21 bits per heavy atom. The minimum Gasteiger partial charge on any atom is -0.385 e. The summed E-state index contributed by atoms with van der Waals surface area (Å²) in [5, 5.41) is 3.17. The molecule has 112 valence electrons. The Kier molecular flexibility index (Phi) is 7.73. The number of hydrogen-bond acceptors (Lipinski definition) is 5. The van der Waals surface area contributed by atoms with E-state index in [1.165, 1.54) is 0 Å². The molecule has 1 unspecified atom stereocenters. The predicted molar refractivity (Wildman–Crippen MR) is 78.0 cm³/mol. The van der Waals surface area contributed by atoms with Crippen molar-refractivity contribution in [2.24, 2.45) is 10.8 Å². The van der Waals surface area contributed by atoms with Gasteiger partial charge in [-0.2, -0.15) is 0 Å². The minimum atomic E-state index is 0.447. The molecule has 1 saturated heterocycles. The van der Waals surface area contributed by atoms with Crippen LogP contribution in [-0.2, 0) is 4.74 Å². The molecule has 7 nitrogen and oxygen atoms in total. The van der Waals surface area contributed by atoms with Gasteiger partial charge < -0.3 is 15.0 Å². The normalized spacial score (nSPS) is 22.5. The van der Waals surface area contributed by atoms with Gasteiger partial charge in [0.05, 0.1) is 6.54 Å². The molecule has 1 atom stereocenters. The van der Waals surface area contributed by atoms with Crippen LogP contribution >= 0.6 is 0 Å². The minimum absolute atomic E-state index is 0.447. The maximum Gasteiger partial charge on any atom is 0.205 e. The maximum atomic E-state index is 5.47. The molecule has 0 aromatic heterocycles. The summed E-state index contributed by atoms with van der Waals surface area (Å²) in [6.07, 6.45) is 0.934. The van der Waals surface area contributed by atoms with E-state index in [1.54, 1.807) is 7.11 Å². The van der Waals surface area contributed by atoms with Gasteiger partial charge in [-0.25, -0.2) is 5.84 Å². The maximum absolute atomic E-state index is 5.47. The summed E-state index contributed by atoms with van der Waals surface area (Å²) in [7, 11) is 6.00. The molecule has 0 aromatic carbocycles. The highest BCUT2D eigenvalue weighted by atomic mass is 16.5. The fraction of sp³-hybridized carbons (Fsp3) is 0.917. The third-order valence-corrected chi connectivity index (χ3v) is 3.39. The number of guanidine groups is 1. The van der Waals surface area contributed by atoms with Crippen molar-refractivity contribution >= 4 is 5.96 Å². The van der Waals surface area contributed by atoms with Crippen molar-refractivity contribution in [3.8, 4) is 0 Å². The number of methoxy groups -OCH3 is 1. The summed E-state index contributed by atoms with van der Waals surface area (Å²) < 4.78 is 4.99. The summed E-state index contributed by atoms with van der Waals surface area (Å²) in [5.41, 5.74) is 2.61. The molecule has 0 bridgehead atoms. The Balaban J connectivity index is 2.33. The van der Waals surface area contributed by atoms with Crippen molar-refractivity contribution in [1.29, 1.82) is 0 Å². The average molecular weight is 272 g/mol. The van der Waals surface area contributed by atoms with Crippen molar-refractivity contribution in [2.45, 2.75) is 12.5 Å². The smallest absolute Gasteiger partial charge is 0.205 e. The number of nitrogens with one attached hydrogen (secondary N) is 2. The second-order valence-corrected chi connectivity index (χ2v) is 5.00. The van der Waals surface area contributed by atoms with Crippen molar-refractivity contribution in [3.63, 3.8) is 0 Å². The summed E-state index contributed by atoms with van der Waals surface area (Å²) in [6.45, 7) is 5.54. The first kappa shape index (κ1) is 16.2. The van der Waals surface area contributed by atoms with E-state index in [2.05, 4.69) is 39.6 Å². The second-order valence-electron chi connectivity index (χ2n) is 5.00. The molecular weight excluding hydrogens is 244 g/mol. The Morgan fingerprint density at radius 3 is 2.89 bits per heavy atom. The summed E-state index contributed by atoms with van der Waals surface area (Å²) in [5.74, 6) is 6.12. The number of hydrazine groups is 1. The van der Waals surface area contributed by atoms with Crippen LogP contribution in [0, 0.1) is 0 Å². The van der Waals surface area contributed by atoms with Gasteiger partial charge in [0.15, 0.2) is 0 Å². The third kappa shape index (κ3) is 6.20. The van der Waals surface area contributed by atoms with E-state index in [0.717, 1.165) is 45.8 Å². The van der Waals surface area contributed by atoms with Crippen molar-refractivity contribution in [2.75, 3.05) is 60.5 Å². The van der Waals surface area contributed by atoms with E-state index in [1.807, 2.05) is 0 Å². The lowest BCUT2D eigenvalue weighted by molar-refractivity contribution is 0.119. The van der Waals surface area contributed by atoms with Gasteiger partial charge in [-0.05, 0) is 20.5 Å². The van der Waals surface area contributed by atoms with Crippen LogP contribution in [0.2, 0.25) is 0 Å². The summed E-state index contributed by atoms with van der Waals surface area (Å²) in [4.78, 5) is 9.19. The molecule has 1 heterocycles. The number of ether oxygens (including phenoxy) is 1. The number of nitrogens with zero attached hydrogens (tertiary/aromatic N) is 3. The lowest BCUT2D eigenvalue weighted by atomic mass is 10.2. The van der Waals surface area contributed by atoms with Crippen LogP contribution in [0.3, 0.4) is 0 Å². The van der Waals surface area contributed by atoms with Gasteiger partial charge >= 0.3 is 0 Å². The van der Waals surface area contributed by atoms with E-state index in [-0.39, 0.29) is 0 Å². The van der Waals surface area contributed by atoms with Gasteiger partial charge in [0.25, 0.3) is 0 Å². The molecule has 1 aliphatic rings. The van der Waals surface area contributed by atoms with Crippen molar-refractivity contribution < 1.29 is 4.74 Å². The molecule has 7 heteroatoms. The quantitative estimate of drug-likeness (QED) is 0.183. The van der Waals surface area contributed by atoms with Gasteiger partial charge in [0.1, 0.15) is 0 Å². The lowest BCUT2D eigenvalue weighted by Crippen LogP contribution is -2.52. The second kappa shape index (κ2) is 9.08.